The molecule has 0 atom stereocenters. The van der Waals surface area contributed by atoms with E-state index in [1.807, 2.05) is 24.3 Å². The molecule has 3 aromatic rings. The summed E-state index contributed by atoms with van der Waals surface area (Å²) in [6.07, 6.45) is 2.78. The van der Waals surface area contributed by atoms with Gasteiger partial charge in [-0.1, -0.05) is 12.1 Å². The van der Waals surface area contributed by atoms with E-state index in [-0.39, 0.29) is 17.8 Å². The van der Waals surface area contributed by atoms with Crippen LogP contribution in [0.25, 0.3) is 21.0 Å². The number of piperidine rings is 1. The van der Waals surface area contributed by atoms with E-state index in [0.29, 0.717) is 31.5 Å². The van der Waals surface area contributed by atoms with E-state index >= 15 is 0 Å². The second-order valence-electron chi connectivity index (χ2n) is 6.64. The number of nitrogens with zero attached hydrogens (tertiary/aromatic N) is 2. The highest BCUT2D eigenvalue weighted by molar-refractivity contribution is 7.18. The van der Waals surface area contributed by atoms with Gasteiger partial charge in [-0.05, 0) is 54.8 Å². The number of aliphatic hydroxyl groups excluding tert-OH is 1. The largest absolute Gasteiger partial charge is 0.393 e. The van der Waals surface area contributed by atoms with Gasteiger partial charge in [-0.3, -0.25) is 4.79 Å². The molecule has 1 saturated heterocycles. The third-order valence-electron chi connectivity index (χ3n) is 4.76. The third kappa shape index (κ3) is 3.91. The lowest BCUT2D eigenvalue weighted by Crippen LogP contribution is -2.40. The normalized spacial score (nSPS) is 15.1. The Morgan fingerprint density at radius 3 is 2.33 bits per heavy atom. The van der Waals surface area contributed by atoms with Crippen molar-refractivity contribution in [3.8, 4) is 21.0 Å². The van der Waals surface area contributed by atoms with Gasteiger partial charge in [0.1, 0.15) is 10.8 Å². The topological polar surface area (TPSA) is 53.4 Å². The number of hydrogen-bond donors (Lipinski definition) is 1. The summed E-state index contributed by atoms with van der Waals surface area (Å²) in [7, 11) is 0. The van der Waals surface area contributed by atoms with Crippen LogP contribution in [0, 0.1) is 5.82 Å². The van der Waals surface area contributed by atoms with Crippen LogP contribution in [0.3, 0.4) is 0 Å². The van der Waals surface area contributed by atoms with E-state index in [4.69, 9.17) is 0 Å². The van der Waals surface area contributed by atoms with Crippen LogP contribution in [0.2, 0.25) is 0 Å². The average molecular weight is 382 g/mol. The third-order valence-corrected chi connectivity index (χ3v) is 5.86. The molecule has 0 radical (unpaired) electrons. The Morgan fingerprint density at radius 1 is 1.04 bits per heavy atom. The van der Waals surface area contributed by atoms with Crippen molar-refractivity contribution in [3.05, 3.63) is 66.1 Å². The van der Waals surface area contributed by atoms with E-state index in [1.54, 1.807) is 23.2 Å². The smallest absolute Gasteiger partial charge is 0.253 e. The van der Waals surface area contributed by atoms with Crippen molar-refractivity contribution in [1.29, 1.82) is 0 Å². The van der Waals surface area contributed by atoms with Gasteiger partial charge in [0.25, 0.3) is 5.91 Å². The number of thiazole rings is 1. The highest BCUT2D eigenvalue weighted by atomic mass is 32.1. The summed E-state index contributed by atoms with van der Waals surface area (Å²) in [5.41, 5.74) is 2.52. The first-order valence-electron chi connectivity index (χ1n) is 8.90. The molecule has 4 rings (SSSR count). The maximum absolute atomic E-state index is 13.1. The molecular formula is C21H19FN2O2S. The number of aliphatic hydroxyl groups is 1. The zero-order valence-corrected chi connectivity index (χ0v) is 15.5. The standard InChI is InChI=1S/C21H19FN2O2S/c22-17-7-5-15(6-8-17)20-23-13-19(27-20)14-1-3-16(4-2-14)21(26)24-11-9-18(25)10-12-24/h1-8,13,18,25H,9-12H2. The summed E-state index contributed by atoms with van der Waals surface area (Å²) in [5, 5.41) is 10.4. The van der Waals surface area contributed by atoms with Crippen molar-refractivity contribution < 1.29 is 14.3 Å². The summed E-state index contributed by atoms with van der Waals surface area (Å²) in [5.74, 6) is -0.260. The van der Waals surface area contributed by atoms with Crippen LogP contribution in [0.4, 0.5) is 4.39 Å². The minimum Gasteiger partial charge on any atom is -0.393 e. The SMILES string of the molecule is O=C(c1ccc(-c2cnc(-c3ccc(F)cc3)s2)cc1)N1CCC(O)CC1. The lowest BCUT2D eigenvalue weighted by atomic mass is 10.1. The van der Waals surface area contributed by atoms with Crippen LogP contribution in [-0.4, -0.2) is 40.1 Å². The van der Waals surface area contributed by atoms with Gasteiger partial charge < -0.3 is 10.0 Å². The number of hydrogen-bond acceptors (Lipinski definition) is 4. The van der Waals surface area contributed by atoms with Crippen LogP contribution in [0.15, 0.2) is 54.7 Å². The van der Waals surface area contributed by atoms with Crippen LogP contribution < -0.4 is 0 Å². The Bertz CT molecular complexity index is 930. The van der Waals surface area contributed by atoms with Gasteiger partial charge in [0.05, 0.1) is 11.0 Å². The molecular weight excluding hydrogens is 363 g/mol. The predicted molar refractivity (Wildman–Crippen MR) is 104 cm³/mol. The molecule has 2 aromatic carbocycles. The van der Waals surface area contributed by atoms with E-state index in [1.165, 1.54) is 23.5 Å². The van der Waals surface area contributed by atoms with Gasteiger partial charge in [-0.2, -0.15) is 0 Å². The minimum atomic E-state index is -0.293. The molecule has 0 aliphatic carbocycles. The number of aromatic nitrogens is 1. The summed E-state index contributed by atoms with van der Waals surface area (Å²) < 4.78 is 13.1. The maximum Gasteiger partial charge on any atom is 0.253 e. The average Bonchev–Trinajstić information content (AvgIpc) is 3.19. The molecule has 27 heavy (non-hydrogen) atoms. The first kappa shape index (κ1) is 17.8. The minimum absolute atomic E-state index is 0.00440. The Hall–Kier alpha value is -2.57. The summed E-state index contributed by atoms with van der Waals surface area (Å²) in [4.78, 5) is 19.8. The molecule has 138 valence electrons. The molecule has 1 aromatic heterocycles. The van der Waals surface area contributed by atoms with E-state index in [9.17, 15) is 14.3 Å². The molecule has 1 aliphatic rings. The van der Waals surface area contributed by atoms with Crippen LogP contribution >= 0.6 is 11.3 Å². The Morgan fingerprint density at radius 2 is 1.67 bits per heavy atom. The van der Waals surface area contributed by atoms with Gasteiger partial charge in [0.2, 0.25) is 0 Å². The van der Waals surface area contributed by atoms with Crippen molar-refractivity contribution in [2.75, 3.05) is 13.1 Å². The van der Waals surface area contributed by atoms with E-state index in [2.05, 4.69) is 4.98 Å². The summed E-state index contributed by atoms with van der Waals surface area (Å²) >= 11 is 1.53. The molecule has 1 fully saturated rings. The lowest BCUT2D eigenvalue weighted by molar-refractivity contribution is 0.0546. The van der Waals surface area contributed by atoms with Gasteiger partial charge in [0, 0.05) is 30.4 Å². The van der Waals surface area contributed by atoms with E-state index in [0.717, 1.165) is 21.0 Å². The van der Waals surface area contributed by atoms with Crippen molar-refractivity contribution in [2.45, 2.75) is 18.9 Å². The fourth-order valence-corrected chi connectivity index (χ4v) is 4.09. The van der Waals surface area contributed by atoms with Gasteiger partial charge in [-0.25, -0.2) is 9.37 Å². The Kier molecular flexibility index (Phi) is 5.01. The van der Waals surface area contributed by atoms with Crippen molar-refractivity contribution in [3.63, 3.8) is 0 Å². The van der Waals surface area contributed by atoms with Crippen LogP contribution in [-0.2, 0) is 0 Å². The molecule has 1 N–H and O–H groups in total. The number of benzene rings is 2. The lowest BCUT2D eigenvalue weighted by Gasteiger charge is -2.29. The zero-order valence-electron chi connectivity index (χ0n) is 14.6. The van der Waals surface area contributed by atoms with Crippen LogP contribution in [0.1, 0.15) is 23.2 Å². The second-order valence-corrected chi connectivity index (χ2v) is 7.67. The van der Waals surface area contributed by atoms with E-state index < -0.39 is 0 Å². The number of halogens is 1. The number of likely N-dealkylation sites (tertiary alicyclic amines) is 1. The molecule has 2 heterocycles. The summed E-state index contributed by atoms with van der Waals surface area (Å²) in [6.45, 7) is 1.19. The molecule has 0 unspecified atom stereocenters. The molecule has 0 saturated carbocycles. The predicted octanol–water partition coefficient (Wildman–Crippen LogP) is 4.21. The molecule has 0 spiro atoms. The molecule has 1 aliphatic heterocycles. The van der Waals surface area contributed by atoms with Gasteiger partial charge >= 0.3 is 0 Å². The Balaban J connectivity index is 1.49. The zero-order chi connectivity index (χ0) is 18.8. The molecule has 4 nitrogen and oxygen atoms in total. The highest BCUT2D eigenvalue weighted by Gasteiger charge is 2.22. The van der Waals surface area contributed by atoms with Crippen molar-refractivity contribution in [1.82, 2.24) is 9.88 Å². The Labute approximate surface area is 160 Å². The highest BCUT2D eigenvalue weighted by Crippen LogP contribution is 2.32. The molecule has 0 bridgehead atoms. The fraction of sp³-hybridized carbons (Fsp3) is 0.238. The first-order valence-corrected chi connectivity index (χ1v) is 9.71. The quantitative estimate of drug-likeness (QED) is 0.738. The number of carbonyl (C=O) groups is 1. The monoisotopic (exact) mass is 382 g/mol. The fourth-order valence-electron chi connectivity index (χ4n) is 3.16. The molecule has 1 amide bonds. The van der Waals surface area contributed by atoms with Crippen LogP contribution in [0.5, 0.6) is 0 Å². The van der Waals surface area contributed by atoms with Crippen molar-refractivity contribution >= 4 is 17.2 Å². The second kappa shape index (κ2) is 7.58. The number of amides is 1. The maximum atomic E-state index is 13.1. The number of rotatable bonds is 3. The number of carbonyl (C=O) groups excluding carboxylic acids is 1. The first-order chi connectivity index (χ1) is 13.1. The van der Waals surface area contributed by atoms with Crippen molar-refractivity contribution in [2.24, 2.45) is 0 Å². The molecule has 6 heteroatoms. The van der Waals surface area contributed by atoms with Gasteiger partial charge in [0.15, 0.2) is 0 Å². The van der Waals surface area contributed by atoms with Gasteiger partial charge in [-0.15, -0.1) is 11.3 Å². The summed E-state index contributed by atoms with van der Waals surface area (Å²) in [6, 6.07) is 13.8.